The lowest BCUT2D eigenvalue weighted by Gasteiger charge is -2.37. The number of halogens is 3. The molecule has 2 saturated carbocycles. The van der Waals surface area contributed by atoms with Crippen molar-refractivity contribution in [3.05, 3.63) is 58.6 Å². The minimum Gasteiger partial charge on any atom is -0.449 e. The summed E-state index contributed by atoms with van der Waals surface area (Å²) in [5, 5.41) is 9.72. The van der Waals surface area contributed by atoms with Gasteiger partial charge >= 0.3 is 6.16 Å². The van der Waals surface area contributed by atoms with Gasteiger partial charge in [0, 0.05) is 30.8 Å². The molecule has 1 N–H and O–H groups in total. The van der Waals surface area contributed by atoms with E-state index < -0.39 is 24.3 Å². The molecule has 168 valence electrons. The largest absolute Gasteiger partial charge is 0.511 e. The zero-order chi connectivity index (χ0) is 22.1. The Hall–Kier alpha value is -2.09. The van der Waals surface area contributed by atoms with Gasteiger partial charge in [0.05, 0.1) is 0 Å². The molecule has 2 aliphatic carbocycles. The second-order valence-corrected chi connectivity index (χ2v) is 9.86. The molecule has 8 heteroatoms. The van der Waals surface area contributed by atoms with Crippen molar-refractivity contribution in [1.82, 2.24) is 4.90 Å². The van der Waals surface area contributed by atoms with Gasteiger partial charge in [0.2, 0.25) is 0 Å². The van der Waals surface area contributed by atoms with Crippen LogP contribution >= 0.6 is 11.8 Å². The average molecular weight is 454 g/mol. The van der Waals surface area contributed by atoms with Crippen molar-refractivity contribution in [1.29, 1.82) is 0 Å². The zero-order valence-corrected chi connectivity index (χ0v) is 18.0. The van der Waals surface area contributed by atoms with Crippen molar-refractivity contribution in [2.75, 3.05) is 18.8 Å². The van der Waals surface area contributed by atoms with Crippen LogP contribution in [0.2, 0.25) is 0 Å². The van der Waals surface area contributed by atoms with Crippen LogP contribution in [0.1, 0.15) is 44.1 Å². The number of alkyl halides is 2. The summed E-state index contributed by atoms with van der Waals surface area (Å²) in [6.45, 7) is 1.40. The molecule has 4 nitrogen and oxygen atoms in total. The summed E-state index contributed by atoms with van der Waals surface area (Å²) in [7, 11) is 0. The number of hydrogen-bond donors (Lipinski definition) is 1. The Labute approximate surface area is 184 Å². The number of fused-ring (bicyclic) bond motifs is 2. The highest BCUT2D eigenvalue weighted by molar-refractivity contribution is 8.03. The first-order valence-corrected chi connectivity index (χ1v) is 11.6. The van der Waals surface area contributed by atoms with Gasteiger partial charge in [0.25, 0.3) is 5.92 Å². The number of allylic oxidation sites excluding steroid dienone is 1. The summed E-state index contributed by atoms with van der Waals surface area (Å²) < 4.78 is 47.2. The maximum Gasteiger partial charge on any atom is 0.511 e. The van der Waals surface area contributed by atoms with E-state index in [2.05, 4.69) is 4.90 Å². The van der Waals surface area contributed by atoms with Gasteiger partial charge in [-0.15, -0.1) is 11.8 Å². The average Bonchev–Trinajstić information content (AvgIpc) is 3.30. The Bertz CT molecular complexity index is 877. The molecule has 0 amide bonds. The van der Waals surface area contributed by atoms with E-state index in [1.807, 2.05) is 6.08 Å². The highest BCUT2D eigenvalue weighted by Gasteiger charge is 2.46. The number of carbonyl (C=O) groups is 1. The number of carboxylic acid groups (broad SMARTS) is 1. The molecule has 0 radical (unpaired) electrons. The van der Waals surface area contributed by atoms with Gasteiger partial charge in [-0.1, -0.05) is 18.2 Å². The maximum absolute atomic E-state index is 14.6. The van der Waals surface area contributed by atoms with E-state index in [0.717, 1.165) is 49.6 Å². The Balaban J connectivity index is 1.47. The Morgan fingerprint density at radius 2 is 1.97 bits per heavy atom. The predicted molar refractivity (Wildman–Crippen MR) is 113 cm³/mol. The van der Waals surface area contributed by atoms with Gasteiger partial charge in [0.1, 0.15) is 10.8 Å². The number of ether oxygens (including phenoxy) is 1. The van der Waals surface area contributed by atoms with Crippen LogP contribution < -0.4 is 0 Å². The normalized spacial score (nSPS) is 25.4. The second kappa shape index (κ2) is 8.81. The van der Waals surface area contributed by atoms with E-state index >= 15 is 0 Å². The van der Waals surface area contributed by atoms with E-state index in [1.54, 1.807) is 6.08 Å². The van der Waals surface area contributed by atoms with Crippen LogP contribution in [0.4, 0.5) is 18.0 Å². The van der Waals surface area contributed by atoms with Crippen molar-refractivity contribution in [3.63, 3.8) is 0 Å². The molecule has 0 aromatic heterocycles. The minimum absolute atomic E-state index is 0.0755. The van der Waals surface area contributed by atoms with Crippen molar-refractivity contribution in [2.45, 2.75) is 44.4 Å². The monoisotopic (exact) mass is 453 g/mol. The van der Waals surface area contributed by atoms with Gasteiger partial charge in [-0.3, -0.25) is 0 Å². The first-order valence-electron chi connectivity index (χ1n) is 10.6. The Kier molecular flexibility index (Phi) is 6.28. The van der Waals surface area contributed by atoms with Crippen molar-refractivity contribution in [3.8, 4) is 0 Å². The molecular formula is C23H26F3NO3S. The molecule has 4 rings (SSSR count). The molecule has 3 aliphatic rings. The highest BCUT2D eigenvalue weighted by atomic mass is 32.2. The molecule has 1 aromatic carbocycles. The maximum atomic E-state index is 14.6. The second-order valence-electron chi connectivity index (χ2n) is 8.78. The topological polar surface area (TPSA) is 49.8 Å². The lowest BCUT2D eigenvalue weighted by molar-refractivity contribution is -0.00708. The third-order valence-corrected chi connectivity index (χ3v) is 7.77. The molecule has 1 heterocycles. The Morgan fingerprint density at radius 1 is 1.26 bits per heavy atom. The molecular weight excluding hydrogens is 427 g/mol. The number of nitrogens with zero attached hydrogens (tertiary/aromatic N) is 1. The summed E-state index contributed by atoms with van der Waals surface area (Å²) in [5.74, 6) is -2.61. The predicted octanol–water partition coefficient (Wildman–Crippen LogP) is 6.36. The van der Waals surface area contributed by atoms with Gasteiger partial charge in [0.15, 0.2) is 5.76 Å². The first kappa shape index (κ1) is 22.1. The number of thioether (sulfide) groups is 1. The molecule has 0 atom stereocenters. The molecule has 0 spiro atoms. The fourth-order valence-corrected chi connectivity index (χ4v) is 6.25. The first-order chi connectivity index (χ1) is 14.8. The summed E-state index contributed by atoms with van der Waals surface area (Å²) >= 11 is 1.20. The number of rotatable bonds is 8. The van der Waals surface area contributed by atoms with Gasteiger partial charge < -0.3 is 14.7 Å². The molecule has 31 heavy (non-hydrogen) atoms. The number of benzene rings is 1. The van der Waals surface area contributed by atoms with Crippen LogP contribution in [0.3, 0.4) is 0 Å². The third-order valence-electron chi connectivity index (χ3n) is 6.63. The summed E-state index contributed by atoms with van der Waals surface area (Å²) in [5.41, 5.74) is 0.00124. The summed E-state index contributed by atoms with van der Waals surface area (Å²) in [6, 6.07) is 4.26. The number of hydrogen-bond acceptors (Lipinski definition) is 4. The lowest BCUT2D eigenvalue weighted by atomic mass is 9.83. The molecule has 0 unspecified atom stereocenters. The van der Waals surface area contributed by atoms with Crippen LogP contribution in [-0.2, 0) is 10.7 Å². The van der Waals surface area contributed by atoms with E-state index in [-0.39, 0.29) is 22.5 Å². The van der Waals surface area contributed by atoms with Crippen LogP contribution in [0.15, 0.2) is 47.2 Å². The van der Waals surface area contributed by atoms with Gasteiger partial charge in [-0.05, 0) is 61.6 Å². The lowest BCUT2D eigenvalue weighted by Crippen LogP contribution is -2.36. The quantitative estimate of drug-likeness (QED) is 0.465. The summed E-state index contributed by atoms with van der Waals surface area (Å²) in [4.78, 5) is 13.3. The summed E-state index contributed by atoms with van der Waals surface area (Å²) in [6.07, 6.45) is 7.57. The van der Waals surface area contributed by atoms with Crippen molar-refractivity contribution < 1.29 is 27.8 Å². The molecule has 0 saturated heterocycles. The zero-order valence-electron chi connectivity index (χ0n) is 17.2. The van der Waals surface area contributed by atoms with Gasteiger partial charge in [-0.2, -0.15) is 0 Å². The van der Waals surface area contributed by atoms with Crippen molar-refractivity contribution >= 4 is 17.9 Å². The highest BCUT2D eigenvalue weighted by Crippen LogP contribution is 2.55. The van der Waals surface area contributed by atoms with Crippen LogP contribution in [0, 0.1) is 17.2 Å². The molecule has 1 aromatic rings. The Morgan fingerprint density at radius 3 is 2.58 bits per heavy atom. The SMILES string of the molecule is O=C(O)OC1=C(SCCC(F)(F)c2ccc(F)cc2)N(CC23CCC(CC2)C3)CC=C1. The van der Waals surface area contributed by atoms with Gasteiger partial charge in [-0.25, -0.2) is 18.0 Å². The van der Waals surface area contributed by atoms with E-state index in [0.29, 0.717) is 11.6 Å². The van der Waals surface area contributed by atoms with Crippen LogP contribution in [-0.4, -0.2) is 35.0 Å². The molecule has 1 aliphatic heterocycles. The van der Waals surface area contributed by atoms with E-state index in [9.17, 15) is 18.0 Å². The van der Waals surface area contributed by atoms with Crippen LogP contribution in [0.5, 0.6) is 0 Å². The van der Waals surface area contributed by atoms with E-state index in [4.69, 9.17) is 9.84 Å². The standard InChI is InChI=1S/C23H26F3NO3S/c24-18-5-3-17(4-6-18)23(25,26)11-13-31-20-19(30-21(28)29)2-1-12-27(20)15-22-9-7-16(14-22)8-10-22/h1-6,16H,7-15H2,(H,28,29). The fourth-order valence-electron chi connectivity index (χ4n) is 5.12. The smallest absolute Gasteiger partial charge is 0.449 e. The fraction of sp³-hybridized carbons (Fsp3) is 0.522. The third kappa shape index (κ3) is 5.05. The minimum atomic E-state index is -3.10. The van der Waals surface area contributed by atoms with E-state index in [1.165, 1.54) is 31.0 Å². The molecule has 2 fully saturated rings. The van der Waals surface area contributed by atoms with Crippen LogP contribution in [0.25, 0.3) is 0 Å². The van der Waals surface area contributed by atoms with Crippen molar-refractivity contribution in [2.24, 2.45) is 11.3 Å². The molecule has 2 bridgehead atoms.